The van der Waals surface area contributed by atoms with E-state index in [1.165, 1.54) is 26.2 Å². The van der Waals surface area contributed by atoms with Gasteiger partial charge < -0.3 is 33.9 Å². The molecule has 1 N–H and O–H groups in total. The number of rotatable bonds is 11. The SMILES string of the molecule is COc1cc(C2C(=C(O)c3ccc(OCc4ccccc4)cc3C)C(=O)C(=O)N2CCN(C)C)cc(OC)c1OC. The molecule has 1 atom stereocenters. The van der Waals surface area contributed by atoms with E-state index in [1.54, 1.807) is 30.3 Å². The maximum atomic E-state index is 13.5. The van der Waals surface area contributed by atoms with E-state index in [1.807, 2.05) is 56.3 Å². The van der Waals surface area contributed by atoms with Gasteiger partial charge in [0.25, 0.3) is 11.7 Å². The monoisotopic (exact) mass is 560 g/mol. The number of Topliss-reactive ketones (excluding diaryl/α,β-unsaturated/α-hetero) is 1. The molecule has 1 saturated heterocycles. The summed E-state index contributed by atoms with van der Waals surface area (Å²) < 4.78 is 22.5. The molecule has 9 heteroatoms. The number of carbonyl (C=O) groups is 2. The minimum Gasteiger partial charge on any atom is -0.507 e. The van der Waals surface area contributed by atoms with Gasteiger partial charge in [-0.25, -0.2) is 0 Å². The smallest absolute Gasteiger partial charge is 0.295 e. The molecule has 4 rings (SSSR count). The third-order valence-electron chi connectivity index (χ3n) is 7.03. The van der Waals surface area contributed by atoms with Crippen molar-refractivity contribution in [2.24, 2.45) is 0 Å². The molecule has 1 amide bonds. The first kappa shape index (κ1) is 29.5. The Labute approximate surface area is 240 Å². The first-order valence-electron chi connectivity index (χ1n) is 13.2. The maximum absolute atomic E-state index is 13.5. The van der Waals surface area contributed by atoms with Crippen molar-refractivity contribution in [2.45, 2.75) is 19.6 Å². The lowest BCUT2D eigenvalue weighted by molar-refractivity contribution is -0.140. The highest BCUT2D eigenvalue weighted by Crippen LogP contribution is 2.46. The zero-order valence-corrected chi connectivity index (χ0v) is 24.3. The van der Waals surface area contributed by atoms with Gasteiger partial charge in [0, 0.05) is 18.7 Å². The van der Waals surface area contributed by atoms with Crippen molar-refractivity contribution in [3.05, 3.63) is 88.5 Å². The average Bonchev–Trinajstić information content (AvgIpc) is 3.23. The molecule has 0 radical (unpaired) electrons. The number of nitrogens with zero attached hydrogens (tertiary/aromatic N) is 2. The number of carbonyl (C=O) groups excluding carboxylic acids is 2. The third kappa shape index (κ3) is 6.15. The molecule has 216 valence electrons. The molecule has 3 aromatic rings. The number of amides is 1. The number of methoxy groups -OCH3 is 3. The molecule has 0 aliphatic carbocycles. The van der Waals surface area contributed by atoms with Gasteiger partial charge in [-0.05, 0) is 68.0 Å². The van der Waals surface area contributed by atoms with Gasteiger partial charge >= 0.3 is 0 Å². The second kappa shape index (κ2) is 12.8. The van der Waals surface area contributed by atoms with E-state index in [4.69, 9.17) is 18.9 Å². The van der Waals surface area contributed by atoms with E-state index in [2.05, 4.69) is 0 Å². The number of hydrogen-bond donors (Lipinski definition) is 1. The van der Waals surface area contributed by atoms with E-state index >= 15 is 0 Å². The lowest BCUT2D eigenvalue weighted by atomic mass is 9.93. The lowest BCUT2D eigenvalue weighted by Gasteiger charge is -2.27. The minimum atomic E-state index is -0.878. The predicted molar refractivity (Wildman–Crippen MR) is 156 cm³/mol. The van der Waals surface area contributed by atoms with Crippen LogP contribution in [0.5, 0.6) is 23.0 Å². The van der Waals surface area contributed by atoms with Crippen molar-refractivity contribution in [2.75, 3.05) is 48.5 Å². The Balaban J connectivity index is 1.79. The average molecular weight is 561 g/mol. The number of hydrogen-bond acceptors (Lipinski definition) is 8. The first-order valence-corrected chi connectivity index (χ1v) is 13.2. The Morgan fingerprint density at radius 1 is 0.927 bits per heavy atom. The van der Waals surface area contributed by atoms with Gasteiger partial charge in [-0.2, -0.15) is 0 Å². The number of benzene rings is 3. The zero-order valence-electron chi connectivity index (χ0n) is 24.3. The summed E-state index contributed by atoms with van der Waals surface area (Å²) in [5.74, 6) is 0.0340. The number of likely N-dealkylation sites (tertiary alicyclic amines) is 1. The molecule has 1 aliphatic heterocycles. The highest BCUT2D eigenvalue weighted by molar-refractivity contribution is 6.46. The molecular formula is C32H36N2O7. The maximum Gasteiger partial charge on any atom is 0.295 e. The molecule has 0 spiro atoms. The van der Waals surface area contributed by atoms with Crippen LogP contribution < -0.4 is 18.9 Å². The van der Waals surface area contributed by atoms with Crippen LogP contribution >= 0.6 is 0 Å². The van der Waals surface area contributed by atoms with Crippen LogP contribution in [0.3, 0.4) is 0 Å². The molecule has 1 heterocycles. The summed E-state index contributed by atoms with van der Waals surface area (Å²) in [6.07, 6.45) is 0. The predicted octanol–water partition coefficient (Wildman–Crippen LogP) is 4.58. The van der Waals surface area contributed by atoms with E-state index in [0.717, 1.165) is 5.56 Å². The Morgan fingerprint density at radius 3 is 2.15 bits per heavy atom. The first-order chi connectivity index (χ1) is 19.7. The Bertz CT molecular complexity index is 1420. The molecule has 0 saturated carbocycles. The minimum absolute atomic E-state index is 0.0101. The molecule has 9 nitrogen and oxygen atoms in total. The van der Waals surface area contributed by atoms with E-state index in [0.29, 0.717) is 52.8 Å². The van der Waals surface area contributed by atoms with Gasteiger partial charge in [0.05, 0.1) is 32.9 Å². The highest BCUT2D eigenvalue weighted by Gasteiger charge is 2.46. The normalized spacial score (nSPS) is 16.3. The molecule has 1 unspecified atom stereocenters. The highest BCUT2D eigenvalue weighted by atomic mass is 16.5. The molecule has 3 aromatic carbocycles. The molecule has 0 aromatic heterocycles. The van der Waals surface area contributed by atoms with Gasteiger partial charge in [0.2, 0.25) is 5.75 Å². The molecule has 41 heavy (non-hydrogen) atoms. The molecule has 1 aliphatic rings. The zero-order chi connectivity index (χ0) is 29.7. The summed E-state index contributed by atoms with van der Waals surface area (Å²) in [5, 5.41) is 11.6. The van der Waals surface area contributed by atoms with E-state index in [9.17, 15) is 14.7 Å². The number of aliphatic hydroxyl groups is 1. The van der Waals surface area contributed by atoms with Crippen LogP contribution in [-0.2, 0) is 16.2 Å². The number of ketones is 1. The lowest BCUT2D eigenvalue weighted by Crippen LogP contribution is -2.35. The fraction of sp³-hybridized carbons (Fsp3) is 0.312. The Kier molecular flexibility index (Phi) is 9.19. The van der Waals surface area contributed by atoms with E-state index < -0.39 is 17.7 Å². The van der Waals surface area contributed by atoms with Gasteiger partial charge in [-0.15, -0.1) is 0 Å². The topological polar surface area (TPSA) is 97.8 Å². The number of likely N-dealkylation sites (N-methyl/N-ethyl adjacent to an activating group) is 1. The standard InChI is InChI=1S/C32H36N2O7/c1-20-16-23(41-19-21-10-8-7-9-11-21)12-13-24(20)29(35)27-28(34(15-14-33(2)3)32(37)30(27)36)22-17-25(38-4)31(40-6)26(18-22)39-5/h7-13,16-18,28,35H,14-15,19H2,1-6H3. The van der Waals surface area contributed by atoms with Crippen LogP contribution in [-0.4, -0.2) is 75.1 Å². The van der Waals surface area contributed by atoms with Crippen LogP contribution in [0.15, 0.2) is 66.2 Å². The van der Waals surface area contributed by atoms with Crippen LogP contribution in [0.1, 0.15) is 28.3 Å². The van der Waals surface area contributed by atoms with Crippen molar-refractivity contribution in [3.8, 4) is 23.0 Å². The molecule has 1 fully saturated rings. The van der Waals surface area contributed by atoms with Gasteiger partial charge in [0.15, 0.2) is 11.5 Å². The fourth-order valence-corrected chi connectivity index (χ4v) is 4.90. The largest absolute Gasteiger partial charge is 0.507 e. The summed E-state index contributed by atoms with van der Waals surface area (Å²) in [4.78, 5) is 30.2. The quantitative estimate of drug-likeness (QED) is 0.207. The summed E-state index contributed by atoms with van der Waals surface area (Å²) in [6, 6.07) is 17.5. The number of ether oxygens (including phenoxy) is 4. The van der Waals surface area contributed by atoms with Crippen LogP contribution in [0.4, 0.5) is 0 Å². The Hall–Kier alpha value is -4.50. The van der Waals surface area contributed by atoms with Gasteiger partial charge in [-0.3, -0.25) is 9.59 Å². The van der Waals surface area contributed by atoms with Crippen LogP contribution in [0.25, 0.3) is 5.76 Å². The summed E-state index contributed by atoms with van der Waals surface area (Å²) in [7, 11) is 8.26. The van der Waals surface area contributed by atoms with Gasteiger partial charge in [0.1, 0.15) is 18.1 Å². The van der Waals surface area contributed by atoms with Crippen molar-refractivity contribution < 1.29 is 33.6 Å². The third-order valence-corrected chi connectivity index (χ3v) is 7.03. The van der Waals surface area contributed by atoms with Crippen LogP contribution in [0, 0.1) is 6.92 Å². The summed E-state index contributed by atoms with van der Waals surface area (Å²) in [6.45, 7) is 2.99. The molecule has 0 bridgehead atoms. The summed E-state index contributed by atoms with van der Waals surface area (Å²) in [5.41, 5.74) is 2.68. The fourth-order valence-electron chi connectivity index (χ4n) is 4.90. The second-order valence-corrected chi connectivity index (χ2v) is 10.0. The molecular weight excluding hydrogens is 524 g/mol. The summed E-state index contributed by atoms with van der Waals surface area (Å²) >= 11 is 0. The Morgan fingerprint density at radius 2 is 1.59 bits per heavy atom. The van der Waals surface area contributed by atoms with Crippen molar-refractivity contribution in [3.63, 3.8) is 0 Å². The van der Waals surface area contributed by atoms with Crippen molar-refractivity contribution in [1.82, 2.24) is 9.80 Å². The van der Waals surface area contributed by atoms with Gasteiger partial charge in [-0.1, -0.05) is 30.3 Å². The second-order valence-electron chi connectivity index (χ2n) is 10.0. The van der Waals surface area contributed by atoms with Crippen molar-refractivity contribution in [1.29, 1.82) is 0 Å². The number of aliphatic hydroxyl groups excluding tert-OH is 1. The van der Waals surface area contributed by atoms with E-state index in [-0.39, 0.29) is 17.9 Å². The number of aryl methyl sites for hydroxylation is 1. The van der Waals surface area contributed by atoms with Crippen molar-refractivity contribution >= 4 is 17.4 Å². The van der Waals surface area contributed by atoms with Crippen LogP contribution in [0.2, 0.25) is 0 Å².